The summed E-state index contributed by atoms with van der Waals surface area (Å²) in [5.74, 6) is 2.96. The molecule has 2 aliphatic carbocycles. The van der Waals surface area contributed by atoms with E-state index in [2.05, 4.69) is 10.2 Å². The van der Waals surface area contributed by atoms with Crippen LogP contribution in [0.15, 0.2) is 12.4 Å². The van der Waals surface area contributed by atoms with Crippen LogP contribution in [-0.2, 0) is 6.54 Å². The summed E-state index contributed by atoms with van der Waals surface area (Å²) in [7, 11) is 0. The Labute approximate surface area is 71.8 Å². The molecule has 3 rings (SSSR count). The molecule has 0 N–H and O–H groups in total. The van der Waals surface area contributed by atoms with E-state index in [0.29, 0.717) is 0 Å². The minimum absolute atomic E-state index is 0.908. The van der Waals surface area contributed by atoms with Crippen molar-refractivity contribution >= 4 is 0 Å². The van der Waals surface area contributed by atoms with Crippen molar-refractivity contribution in [3.05, 3.63) is 12.4 Å². The van der Waals surface area contributed by atoms with Gasteiger partial charge < -0.3 is 0 Å². The topological polar surface area (TPSA) is 30.7 Å². The second-order valence-corrected chi connectivity index (χ2v) is 4.01. The van der Waals surface area contributed by atoms with E-state index in [1.54, 1.807) is 12.4 Å². The minimum atomic E-state index is 0.908. The van der Waals surface area contributed by atoms with E-state index in [1.807, 2.05) is 4.80 Å². The highest BCUT2D eigenvalue weighted by Gasteiger charge is 2.52. The Morgan fingerprint density at radius 2 is 1.83 bits per heavy atom. The maximum absolute atomic E-state index is 4.13. The monoisotopic (exact) mass is 163 g/mol. The van der Waals surface area contributed by atoms with Crippen LogP contribution in [0.2, 0.25) is 0 Å². The molecule has 2 fully saturated rings. The lowest BCUT2D eigenvalue weighted by atomic mass is 10.1. The van der Waals surface area contributed by atoms with Gasteiger partial charge in [-0.2, -0.15) is 15.0 Å². The van der Waals surface area contributed by atoms with Crippen LogP contribution in [0.3, 0.4) is 0 Å². The van der Waals surface area contributed by atoms with Gasteiger partial charge in [0.05, 0.1) is 18.9 Å². The molecular formula is C9H13N3. The predicted octanol–water partition coefficient (Wildman–Crippen LogP) is 1.32. The molecule has 64 valence electrons. The first-order chi connectivity index (χ1) is 5.95. The zero-order valence-electron chi connectivity index (χ0n) is 7.06. The van der Waals surface area contributed by atoms with E-state index < -0.39 is 0 Å². The van der Waals surface area contributed by atoms with E-state index >= 15 is 0 Å². The van der Waals surface area contributed by atoms with Crippen molar-refractivity contribution in [2.24, 2.45) is 17.8 Å². The van der Waals surface area contributed by atoms with E-state index in [9.17, 15) is 0 Å². The van der Waals surface area contributed by atoms with Gasteiger partial charge in [0.25, 0.3) is 0 Å². The highest BCUT2D eigenvalue weighted by molar-refractivity contribution is 5.00. The number of aromatic nitrogens is 3. The standard InChI is InChI=1S/C9H13N3/c1-2-7-8(3-1)9(7)6-12-10-4-5-11-12/h4-5,7-9H,1-3,6H2/t7-,8+,9?. The predicted molar refractivity (Wildman–Crippen MR) is 44.3 cm³/mol. The van der Waals surface area contributed by atoms with Crippen LogP contribution < -0.4 is 0 Å². The van der Waals surface area contributed by atoms with Gasteiger partial charge in [0.15, 0.2) is 0 Å². The molecule has 3 nitrogen and oxygen atoms in total. The Morgan fingerprint density at radius 3 is 2.50 bits per heavy atom. The molecule has 0 bridgehead atoms. The Kier molecular flexibility index (Phi) is 1.28. The average molecular weight is 163 g/mol. The SMILES string of the molecule is c1cnn(CC2[C@H]3CCC[C@@H]23)n1. The van der Waals surface area contributed by atoms with Crippen molar-refractivity contribution in [2.45, 2.75) is 25.8 Å². The Hall–Kier alpha value is -0.860. The Morgan fingerprint density at radius 1 is 1.17 bits per heavy atom. The molecule has 1 unspecified atom stereocenters. The molecule has 2 saturated carbocycles. The first-order valence-corrected chi connectivity index (χ1v) is 4.79. The summed E-state index contributed by atoms with van der Waals surface area (Å²) in [5.41, 5.74) is 0. The molecule has 3 atom stereocenters. The van der Waals surface area contributed by atoms with Crippen molar-refractivity contribution in [1.29, 1.82) is 0 Å². The number of fused-ring (bicyclic) bond motifs is 1. The molecular weight excluding hydrogens is 150 g/mol. The highest BCUT2D eigenvalue weighted by Crippen LogP contribution is 2.57. The second kappa shape index (κ2) is 2.31. The van der Waals surface area contributed by atoms with Crippen molar-refractivity contribution < 1.29 is 0 Å². The third-order valence-corrected chi connectivity index (χ3v) is 3.42. The van der Waals surface area contributed by atoms with E-state index in [0.717, 1.165) is 24.3 Å². The van der Waals surface area contributed by atoms with Gasteiger partial charge in [-0.15, -0.1) is 0 Å². The molecule has 1 aromatic heterocycles. The third kappa shape index (κ3) is 0.886. The lowest BCUT2D eigenvalue weighted by Gasteiger charge is -2.00. The third-order valence-electron chi connectivity index (χ3n) is 3.42. The lowest BCUT2D eigenvalue weighted by Crippen LogP contribution is -2.06. The maximum Gasteiger partial charge on any atom is 0.0693 e. The fourth-order valence-corrected chi connectivity index (χ4v) is 2.77. The zero-order valence-corrected chi connectivity index (χ0v) is 7.06. The molecule has 2 aliphatic rings. The van der Waals surface area contributed by atoms with Gasteiger partial charge in [0.1, 0.15) is 0 Å². The number of nitrogens with zero attached hydrogens (tertiary/aromatic N) is 3. The van der Waals surface area contributed by atoms with Crippen molar-refractivity contribution in [3.63, 3.8) is 0 Å². The molecule has 0 radical (unpaired) electrons. The van der Waals surface area contributed by atoms with Crippen LogP contribution in [-0.4, -0.2) is 15.0 Å². The first-order valence-electron chi connectivity index (χ1n) is 4.79. The van der Waals surface area contributed by atoms with Crippen molar-refractivity contribution in [1.82, 2.24) is 15.0 Å². The maximum atomic E-state index is 4.13. The van der Waals surface area contributed by atoms with Crippen molar-refractivity contribution in [3.8, 4) is 0 Å². The normalized spacial score (nSPS) is 38.2. The first kappa shape index (κ1) is 6.63. The lowest BCUT2D eigenvalue weighted by molar-refractivity contribution is 0.439. The molecule has 1 heterocycles. The summed E-state index contributed by atoms with van der Waals surface area (Å²) < 4.78 is 0. The summed E-state index contributed by atoms with van der Waals surface area (Å²) >= 11 is 0. The smallest absolute Gasteiger partial charge is 0.0693 e. The second-order valence-electron chi connectivity index (χ2n) is 4.01. The fraction of sp³-hybridized carbons (Fsp3) is 0.778. The van der Waals surface area contributed by atoms with Crippen LogP contribution in [0.25, 0.3) is 0 Å². The van der Waals surface area contributed by atoms with Gasteiger partial charge in [-0.1, -0.05) is 6.42 Å². The number of rotatable bonds is 2. The number of hydrogen-bond donors (Lipinski definition) is 0. The van der Waals surface area contributed by atoms with Gasteiger partial charge in [0.2, 0.25) is 0 Å². The summed E-state index contributed by atoms with van der Waals surface area (Å²) in [6.07, 6.45) is 7.89. The molecule has 0 aliphatic heterocycles. The van der Waals surface area contributed by atoms with Gasteiger partial charge >= 0.3 is 0 Å². The molecule has 0 spiro atoms. The molecule has 12 heavy (non-hydrogen) atoms. The van der Waals surface area contributed by atoms with E-state index in [1.165, 1.54) is 19.3 Å². The Balaban J connectivity index is 1.65. The van der Waals surface area contributed by atoms with Crippen LogP contribution >= 0.6 is 0 Å². The van der Waals surface area contributed by atoms with Gasteiger partial charge in [-0.3, -0.25) is 0 Å². The van der Waals surface area contributed by atoms with Gasteiger partial charge in [-0.05, 0) is 30.6 Å². The van der Waals surface area contributed by atoms with Crippen LogP contribution in [0.1, 0.15) is 19.3 Å². The summed E-state index contributed by atoms with van der Waals surface area (Å²) in [4.78, 5) is 1.84. The van der Waals surface area contributed by atoms with Crippen molar-refractivity contribution in [2.75, 3.05) is 0 Å². The molecule has 0 saturated heterocycles. The Bertz CT molecular complexity index is 257. The average Bonchev–Trinajstić information content (AvgIpc) is 2.59. The quantitative estimate of drug-likeness (QED) is 0.658. The molecule has 0 aromatic carbocycles. The minimum Gasteiger partial charge on any atom is -0.185 e. The van der Waals surface area contributed by atoms with Gasteiger partial charge in [0, 0.05) is 0 Å². The molecule has 0 amide bonds. The summed E-state index contributed by atoms with van der Waals surface area (Å²) in [6.45, 7) is 1.06. The molecule has 1 aromatic rings. The molecule has 3 heteroatoms. The van der Waals surface area contributed by atoms with Crippen LogP contribution in [0.4, 0.5) is 0 Å². The number of hydrogen-bond acceptors (Lipinski definition) is 2. The summed E-state index contributed by atoms with van der Waals surface area (Å²) in [6, 6.07) is 0. The zero-order chi connectivity index (χ0) is 7.97. The highest BCUT2D eigenvalue weighted by atomic mass is 15.5. The van der Waals surface area contributed by atoms with Crippen LogP contribution in [0, 0.1) is 17.8 Å². The fourth-order valence-electron chi connectivity index (χ4n) is 2.77. The van der Waals surface area contributed by atoms with E-state index in [-0.39, 0.29) is 0 Å². The van der Waals surface area contributed by atoms with Gasteiger partial charge in [-0.25, -0.2) is 0 Å². The van der Waals surface area contributed by atoms with Crippen LogP contribution in [0.5, 0.6) is 0 Å². The summed E-state index contributed by atoms with van der Waals surface area (Å²) in [5, 5.41) is 8.26. The van der Waals surface area contributed by atoms with E-state index in [4.69, 9.17) is 0 Å². The largest absolute Gasteiger partial charge is 0.185 e.